The molecule has 29 heavy (non-hydrogen) atoms. The number of carbonyl (C=O) groups is 2. The quantitative estimate of drug-likeness (QED) is 0.462. The van der Waals surface area contributed by atoms with Crippen LogP contribution in [0.25, 0.3) is 0 Å². The lowest BCUT2D eigenvalue weighted by Crippen LogP contribution is -2.32. The number of carboxylic acid groups (broad SMARTS) is 1. The van der Waals surface area contributed by atoms with Crippen molar-refractivity contribution in [1.29, 1.82) is 0 Å². The van der Waals surface area contributed by atoms with Gasteiger partial charge in [0, 0.05) is 21.4 Å². The number of nitrogens with one attached hydrogen (secondary N) is 2. The Balaban J connectivity index is 0.000000272. The van der Waals surface area contributed by atoms with Gasteiger partial charge < -0.3 is 20.5 Å². The van der Waals surface area contributed by atoms with Gasteiger partial charge in [0.25, 0.3) is 0 Å². The molecule has 164 valence electrons. The Bertz CT molecular complexity index is 620. The molecule has 2 aliphatic rings. The monoisotopic (exact) mass is 466 g/mol. The molecule has 0 amide bonds. The highest BCUT2D eigenvalue weighted by molar-refractivity contribution is 8.26. The van der Waals surface area contributed by atoms with E-state index in [-0.39, 0.29) is 17.8 Å². The molecule has 0 bridgehead atoms. The third-order valence-corrected chi connectivity index (χ3v) is 4.58. The van der Waals surface area contributed by atoms with Gasteiger partial charge in [-0.3, -0.25) is 9.59 Å². The molecule has 0 atom stereocenters. The summed E-state index contributed by atoms with van der Waals surface area (Å²) >= 11 is 0. The van der Waals surface area contributed by atoms with Crippen molar-refractivity contribution < 1.29 is 23.6 Å². The fourth-order valence-electron chi connectivity index (χ4n) is 2.97. The summed E-state index contributed by atoms with van der Waals surface area (Å²) in [6.07, 6.45) is 3.37. The number of hydrogen-bond donors (Lipinski definition) is 3. The van der Waals surface area contributed by atoms with Crippen molar-refractivity contribution in [1.82, 2.24) is 10.6 Å². The maximum absolute atomic E-state index is 11.7. The molecule has 2 aliphatic heterocycles. The van der Waals surface area contributed by atoms with E-state index in [1.807, 2.05) is 30.3 Å². The number of benzene rings is 1. The Morgan fingerprint density at radius 3 is 1.83 bits per heavy atom. The van der Waals surface area contributed by atoms with Crippen molar-refractivity contribution in [3.05, 3.63) is 35.9 Å². The van der Waals surface area contributed by atoms with Crippen LogP contribution < -0.4 is 10.6 Å². The minimum absolute atomic E-state index is 0.0506. The van der Waals surface area contributed by atoms with E-state index in [0.717, 1.165) is 57.4 Å². The summed E-state index contributed by atoms with van der Waals surface area (Å²) in [7, 11) is 7.36. The average molecular weight is 467 g/mol. The predicted octanol–water partition coefficient (Wildman–Crippen LogP) is 2.84. The van der Waals surface area contributed by atoms with Gasteiger partial charge in [-0.1, -0.05) is 30.3 Å². The van der Waals surface area contributed by atoms with Crippen LogP contribution in [0.5, 0.6) is 0 Å². The van der Waals surface area contributed by atoms with Crippen LogP contribution in [0.4, 0.5) is 0 Å². The van der Waals surface area contributed by atoms with Crippen LogP contribution in [0.3, 0.4) is 0 Å². The van der Waals surface area contributed by atoms with Crippen LogP contribution in [0.2, 0.25) is 0 Å². The molecule has 3 rings (SSSR count). The maximum atomic E-state index is 11.7. The first-order valence-corrected chi connectivity index (χ1v) is 12.3. The third kappa shape index (κ3) is 12.9. The summed E-state index contributed by atoms with van der Waals surface area (Å²) in [5.41, 5.74) is 1.05. The van der Waals surface area contributed by atoms with Crippen molar-refractivity contribution in [3.8, 4) is 0 Å². The molecule has 1 aromatic carbocycles. The highest BCUT2D eigenvalue weighted by Gasteiger charge is 2.22. The molecular weight excluding hydrogens is 439 g/mol. The molecule has 2 heterocycles. The van der Waals surface area contributed by atoms with E-state index in [0.29, 0.717) is 6.61 Å². The lowest BCUT2D eigenvalue weighted by molar-refractivity contribution is -0.150. The summed E-state index contributed by atoms with van der Waals surface area (Å²) in [5.74, 6) is -0.696. The molecule has 3 N–H and O–H groups in total. The van der Waals surface area contributed by atoms with Gasteiger partial charge in [0.15, 0.2) is 0 Å². The number of ether oxygens (including phenoxy) is 1. The molecule has 0 aliphatic carbocycles. The number of esters is 1. The van der Waals surface area contributed by atoms with Crippen molar-refractivity contribution in [3.63, 3.8) is 0 Å². The zero-order chi connectivity index (χ0) is 21.5. The zero-order valence-corrected chi connectivity index (χ0v) is 18.5. The largest absolute Gasteiger partial charge is 0.481 e. The van der Waals surface area contributed by atoms with E-state index in [1.165, 1.54) is 0 Å². The standard InChI is InChI=1S/C13H17NO2.C6H11NO2.Cl2OS/c15-13(12-6-8-14-9-7-12)16-10-11-4-2-1-3-5-11;8-6(9)5-1-3-7-4-2-5;1-4(2)3/h1-5,12,14H,6-10H2;5,7H,1-4H2,(H,8,9);. The molecular formula is C19H28Cl2N2O5S. The third-order valence-electron chi connectivity index (χ3n) is 4.58. The van der Waals surface area contributed by atoms with Crippen molar-refractivity contribution >= 4 is 42.5 Å². The highest BCUT2D eigenvalue weighted by atomic mass is 36.0. The molecule has 1 aromatic rings. The van der Waals surface area contributed by atoms with Gasteiger partial charge in [0.2, 0.25) is 9.23 Å². The second kappa shape index (κ2) is 15.6. The summed E-state index contributed by atoms with van der Waals surface area (Å²) in [6, 6.07) is 9.80. The van der Waals surface area contributed by atoms with E-state index in [1.54, 1.807) is 0 Å². The van der Waals surface area contributed by atoms with Crippen LogP contribution in [0.15, 0.2) is 30.3 Å². The predicted molar refractivity (Wildman–Crippen MR) is 115 cm³/mol. The first kappa shape index (κ1) is 25.8. The number of piperidine rings is 2. The van der Waals surface area contributed by atoms with Gasteiger partial charge in [-0.05, 0) is 57.4 Å². The number of carboxylic acids is 1. The smallest absolute Gasteiger partial charge is 0.309 e. The molecule has 0 saturated carbocycles. The normalized spacial score (nSPS) is 17.3. The fourth-order valence-corrected chi connectivity index (χ4v) is 2.97. The lowest BCUT2D eigenvalue weighted by Gasteiger charge is -2.20. The Kier molecular flexibility index (Phi) is 13.9. The first-order chi connectivity index (χ1) is 13.9. The molecule has 0 radical (unpaired) electrons. The van der Waals surface area contributed by atoms with Gasteiger partial charge in [0.05, 0.1) is 11.8 Å². The van der Waals surface area contributed by atoms with Gasteiger partial charge in [-0.25, -0.2) is 4.21 Å². The van der Waals surface area contributed by atoms with E-state index in [9.17, 15) is 9.59 Å². The highest BCUT2D eigenvalue weighted by Crippen LogP contribution is 2.14. The summed E-state index contributed by atoms with van der Waals surface area (Å²) < 4.78 is 14.4. The Labute approximate surface area is 182 Å². The van der Waals surface area contributed by atoms with Gasteiger partial charge >= 0.3 is 11.9 Å². The molecule has 0 aromatic heterocycles. The SMILES string of the molecule is O=C(O)C1CCNCC1.O=C(OCc1ccccc1)C1CCNCC1.O=S(Cl)Cl. The topological polar surface area (TPSA) is 105 Å². The van der Waals surface area contributed by atoms with E-state index in [2.05, 4.69) is 32.0 Å². The van der Waals surface area contributed by atoms with Crippen LogP contribution in [-0.2, 0) is 30.2 Å². The Hall–Kier alpha value is -1.19. The van der Waals surface area contributed by atoms with Gasteiger partial charge in [-0.2, -0.15) is 0 Å². The van der Waals surface area contributed by atoms with E-state index >= 15 is 0 Å². The molecule has 7 nitrogen and oxygen atoms in total. The zero-order valence-electron chi connectivity index (χ0n) is 16.1. The van der Waals surface area contributed by atoms with Crippen molar-refractivity contribution in [2.45, 2.75) is 32.3 Å². The maximum Gasteiger partial charge on any atom is 0.309 e. The summed E-state index contributed by atoms with van der Waals surface area (Å²) in [4.78, 5) is 22.0. The number of aliphatic carboxylic acids is 1. The Morgan fingerprint density at radius 2 is 1.41 bits per heavy atom. The lowest BCUT2D eigenvalue weighted by atomic mass is 9.98. The van der Waals surface area contributed by atoms with Crippen LogP contribution in [0, 0.1) is 11.8 Å². The van der Waals surface area contributed by atoms with Crippen LogP contribution in [0.1, 0.15) is 31.2 Å². The van der Waals surface area contributed by atoms with Crippen LogP contribution in [-0.4, -0.2) is 47.4 Å². The van der Waals surface area contributed by atoms with Crippen molar-refractivity contribution in [2.75, 3.05) is 26.2 Å². The van der Waals surface area contributed by atoms with E-state index < -0.39 is 15.2 Å². The molecule has 2 fully saturated rings. The molecule has 10 heteroatoms. The molecule has 2 saturated heterocycles. The van der Waals surface area contributed by atoms with Crippen LogP contribution >= 0.6 is 21.4 Å². The first-order valence-electron chi connectivity index (χ1n) is 9.49. The number of rotatable bonds is 4. The summed E-state index contributed by atoms with van der Waals surface area (Å²) in [6.45, 7) is 3.95. The van der Waals surface area contributed by atoms with Gasteiger partial charge in [-0.15, -0.1) is 0 Å². The minimum Gasteiger partial charge on any atom is -0.481 e. The van der Waals surface area contributed by atoms with Gasteiger partial charge in [0.1, 0.15) is 6.61 Å². The second-order valence-corrected chi connectivity index (χ2v) is 9.19. The number of hydrogen-bond acceptors (Lipinski definition) is 6. The Morgan fingerprint density at radius 1 is 0.966 bits per heavy atom. The fraction of sp³-hybridized carbons (Fsp3) is 0.579. The van der Waals surface area contributed by atoms with E-state index in [4.69, 9.17) is 14.1 Å². The summed E-state index contributed by atoms with van der Waals surface area (Å²) in [5, 5.41) is 14.9. The molecule has 0 spiro atoms. The number of carbonyl (C=O) groups excluding carboxylic acids is 1. The molecule has 0 unspecified atom stereocenters. The van der Waals surface area contributed by atoms with Crippen molar-refractivity contribution in [2.24, 2.45) is 11.8 Å². The minimum atomic E-state index is -1.67. The second-order valence-electron chi connectivity index (χ2n) is 6.66. The number of halogens is 2. The average Bonchev–Trinajstić information content (AvgIpc) is 2.74.